The number of carboxylic acids is 1. The molecule has 41 heavy (non-hydrogen) atoms. The van der Waals surface area contributed by atoms with Crippen LogP contribution < -0.4 is 10.0 Å². The van der Waals surface area contributed by atoms with E-state index in [2.05, 4.69) is 10.0 Å². The van der Waals surface area contributed by atoms with Crippen LogP contribution in [0.1, 0.15) is 35.5 Å². The third kappa shape index (κ3) is 6.74. The maximum atomic E-state index is 13.1. The molecule has 3 aromatic carbocycles. The zero-order valence-electron chi connectivity index (χ0n) is 23.2. The SMILES string of the molecule is COC/C=C\c1cccc2oc(C(=O)Nc3ccc(-c4ccc(S(=O)(=O)N[C@H](C(=O)O)C(C)C)cc4)cc3)c(C)c12. The van der Waals surface area contributed by atoms with Gasteiger partial charge in [0.1, 0.15) is 11.6 Å². The quantitative estimate of drug-likeness (QED) is 0.208. The zero-order chi connectivity index (χ0) is 29.7. The van der Waals surface area contributed by atoms with Gasteiger partial charge in [-0.25, -0.2) is 8.42 Å². The van der Waals surface area contributed by atoms with Crippen LogP contribution >= 0.6 is 0 Å². The number of furan rings is 1. The Balaban J connectivity index is 1.48. The summed E-state index contributed by atoms with van der Waals surface area (Å²) in [5, 5.41) is 13.1. The van der Waals surface area contributed by atoms with Gasteiger partial charge < -0.3 is 19.6 Å². The summed E-state index contributed by atoms with van der Waals surface area (Å²) in [5.74, 6) is -1.80. The van der Waals surface area contributed by atoms with Crippen LogP contribution in [-0.2, 0) is 19.6 Å². The van der Waals surface area contributed by atoms with Crippen LogP contribution in [0.2, 0.25) is 0 Å². The highest BCUT2D eigenvalue weighted by Gasteiger charge is 2.28. The number of methoxy groups -OCH3 is 1. The van der Waals surface area contributed by atoms with E-state index in [9.17, 15) is 23.1 Å². The topological polar surface area (TPSA) is 135 Å². The van der Waals surface area contributed by atoms with Crippen LogP contribution in [0.4, 0.5) is 5.69 Å². The maximum Gasteiger partial charge on any atom is 0.322 e. The van der Waals surface area contributed by atoms with E-state index in [4.69, 9.17) is 9.15 Å². The number of fused-ring (bicyclic) bond motifs is 1. The second kappa shape index (κ2) is 12.5. The van der Waals surface area contributed by atoms with Crippen molar-refractivity contribution in [3.05, 3.63) is 89.7 Å². The number of hydrogen-bond acceptors (Lipinski definition) is 6. The Morgan fingerprint density at radius 2 is 1.63 bits per heavy atom. The average Bonchev–Trinajstić information content (AvgIpc) is 3.29. The Kier molecular flexibility index (Phi) is 9.07. The monoisotopic (exact) mass is 576 g/mol. The van der Waals surface area contributed by atoms with E-state index in [0.29, 0.717) is 17.9 Å². The molecule has 0 spiro atoms. The maximum absolute atomic E-state index is 13.1. The highest BCUT2D eigenvalue weighted by molar-refractivity contribution is 7.89. The van der Waals surface area contributed by atoms with E-state index in [1.54, 1.807) is 57.4 Å². The Labute approximate surface area is 238 Å². The minimum atomic E-state index is -4.01. The summed E-state index contributed by atoms with van der Waals surface area (Å²) >= 11 is 0. The van der Waals surface area contributed by atoms with Crippen LogP contribution in [0.15, 0.2) is 82.1 Å². The van der Waals surface area contributed by atoms with Gasteiger partial charge in [0.25, 0.3) is 5.91 Å². The molecule has 4 aromatic rings. The first-order valence-corrected chi connectivity index (χ1v) is 14.4. The van der Waals surface area contributed by atoms with Crippen LogP contribution in [-0.4, -0.2) is 45.2 Å². The molecule has 10 heteroatoms. The first-order valence-electron chi connectivity index (χ1n) is 13.0. The van der Waals surface area contributed by atoms with E-state index >= 15 is 0 Å². The van der Waals surface area contributed by atoms with E-state index in [1.807, 2.05) is 37.3 Å². The normalized spacial score (nSPS) is 12.7. The van der Waals surface area contributed by atoms with Crippen molar-refractivity contribution in [2.24, 2.45) is 5.92 Å². The molecule has 9 nitrogen and oxygen atoms in total. The summed E-state index contributed by atoms with van der Waals surface area (Å²) < 4.78 is 38.6. The van der Waals surface area contributed by atoms with E-state index in [-0.39, 0.29) is 16.6 Å². The number of ether oxygens (including phenoxy) is 1. The van der Waals surface area contributed by atoms with Gasteiger partial charge in [-0.15, -0.1) is 0 Å². The lowest BCUT2D eigenvalue weighted by Crippen LogP contribution is -2.44. The van der Waals surface area contributed by atoms with Gasteiger partial charge in [-0.05, 0) is 59.9 Å². The molecule has 0 radical (unpaired) electrons. The van der Waals surface area contributed by atoms with Crippen molar-refractivity contribution >= 4 is 44.6 Å². The Bertz CT molecular complexity index is 1690. The number of aliphatic carboxylic acids is 1. The molecule has 0 bridgehead atoms. The van der Waals surface area contributed by atoms with Crippen molar-refractivity contribution in [1.29, 1.82) is 0 Å². The second-order valence-electron chi connectivity index (χ2n) is 9.87. The molecule has 0 aliphatic carbocycles. The molecule has 1 heterocycles. The fourth-order valence-corrected chi connectivity index (χ4v) is 5.77. The summed E-state index contributed by atoms with van der Waals surface area (Å²) in [6, 6.07) is 17.7. The number of carboxylic acid groups (broad SMARTS) is 1. The number of benzene rings is 3. The lowest BCUT2D eigenvalue weighted by atomic mass is 10.0. The number of hydrogen-bond donors (Lipinski definition) is 3. The highest BCUT2D eigenvalue weighted by atomic mass is 32.2. The predicted molar refractivity (Wildman–Crippen MR) is 158 cm³/mol. The molecule has 1 aromatic heterocycles. The van der Waals surface area contributed by atoms with Gasteiger partial charge >= 0.3 is 5.97 Å². The molecule has 0 fully saturated rings. The third-order valence-corrected chi connectivity index (χ3v) is 8.07. The minimum Gasteiger partial charge on any atom is -0.480 e. The van der Waals surface area contributed by atoms with Gasteiger partial charge in [0.05, 0.1) is 11.5 Å². The minimum absolute atomic E-state index is 0.0319. The number of nitrogens with one attached hydrogen (secondary N) is 2. The predicted octanol–water partition coefficient (Wildman–Crippen LogP) is 5.71. The van der Waals surface area contributed by atoms with E-state index in [0.717, 1.165) is 27.6 Å². The van der Waals surface area contributed by atoms with Gasteiger partial charge in [-0.3, -0.25) is 9.59 Å². The highest BCUT2D eigenvalue weighted by Crippen LogP contribution is 2.30. The number of carbonyl (C=O) groups is 2. The first-order chi connectivity index (χ1) is 19.5. The summed E-state index contributed by atoms with van der Waals surface area (Å²) in [7, 11) is -2.39. The summed E-state index contributed by atoms with van der Waals surface area (Å²) in [4.78, 5) is 24.5. The summed E-state index contributed by atoms with van der Waals surface area (Å²) in [5.41, 5.74) is 4.40. The van der Waals surface area contributed by atoms with Gasteiger partial charge in [-0.2, -0.15) is 4.72 Å². The fourth-order valence-electron chi connectivity index (χ4n) is 4.43. The summed E-state index contributed by atoms with van der Waals surface area (Å²) in [6.07, 6.45) is 3.83. The molecule has 1 atom stereocenters. The molecule has 1 amide bonds. The van der Waals surface area contributed by atoms with Crippen LogP contribution in [0.3, 0.4) is 0 Å². The average molecular weight is 577 g/mol. The number of sulfonamides is 1. The van der Waals surface area contributed by atoms with Crippen LogP contribution in [0.25, 0.3) is 28.2 Å². The number of anilines is 1. The standard InChI is InChI=1S/C31H32N2O7S/c1-19(2)28(31(35)36)33-41(37,38)25-16-12-22(13-17-25)21-10-14-24(15-11-21)32-30(34)29-20(3)27-23(8-6-18-39-4)7-5-9-26(27)40-29/h5-17,19,28,33H,18H2,1-4H3,(H,32,34)(H,35,36)/b8-6-/t28-/m0/s1. The van der Waals surface area contributed by atoms with Gasteiger partial charge in [0.15, 0.2) is 5.76 Å². The largest absolute Gasteiger partial charge is 0.480 e. The summed E-state index contributed by atoms with van der Waals surface area (Å²) in [6.45, 7) is 5.59. The number of carbonyl (C=O) groups excluding carboxylic acids is 1. The van der Waals surface area contributed by atoms with Crippen molar-refractivity contribution in [3.63, 3.8) is 0 Å². The van der Waals surface area contributed by atoms with Crippen LogP contribution in [0.5, 0.6) is 0 Å². The molecule has 0 saturated carbocycles. The third-order valence-electron chi connectivity index (χ3n) is 6.61. The van der Waals surface area contributed by atoms with Crippen molar-refractivity contribution in [1.82, 2.24) is 4.72 Å². The Hall–Kier alpha value is -4.25. The molecule has 3 N–H and O–H groups in total. The molecular formula is C31H32N2O7S. The van der Waals surface area contributed by atoms with Crippen molar-refractivity contribution in [3.8, 4) is 11.1 Å². The Morgan fingerprint density at radius 3 is 2.22 bits per heavy atom. The lowest BCUT2D eigenvalue weighted by Gasteiger charge is -2.18. The smallest absolute Gasteiger partial charge is 0.322 e. The first kappa shape index (κ1) is 29.7. The van der Waals surface area contributed by atoms with Gasteiger partial charge in [-0.1, -0.05) is 62.4 Å². The molecular weight excluding hydrogens is 544 g/mol. The zero-order valence-corrected chi connectivity index (χ0v) is 24.0. The van der Waals surface area contributed by atoms with Gasteiger partial charge in [0.2, 0.25) is 10.0 Å². The van der Waals surface area contributed by atoms with Gasteiger partial charge in [0, 0.05) is 23.7 Å². The van der Waals surface area contributed by atoms with Crippen LogP contribution in [0, 0.1) is 12.8 Å². The van der Waals surface area contributed by atoms with Crippen molar-refractivity contribution < 1.29 is 32.3 Å². The van der Waals surface area contributed by atoms with E-state index in [1.165, 1.54) is 12.1 Å². The fraction of sp³-hybridized carbons (Fsp3) is 0.226. The molecule has 0 aliphatic heterocycles. The number of aryl methyl sites for hydroxylation is 1. The molecule has 0 unspecified atom stereocenters. The van der Waals surface area contributed by atoms with Crippen molar-refractivity contribution in [2.75, 3.05) is 19.0 Å². The molecule has 4 rings (SSSR count). The van der Waals surface area contributed by atoms with E-state index < -0.39 is 28.0 Å². The molecule has 0 saturated heterocycles. The molecule has 214 valence electrons. The number of amides is 1. The number of rotatable bonds is 11. The molecule has 0 aliphatic rings. The van der Waals surface area contributed by atoms with Crippen molar-refractivity contribution in [2.45, 2.75) is 31.7 Å². The second-order valence-corrected chi connectivity index (χ2v) is 11.6. The lowest BCUT2D eigenvalue weighted by molar-refractivity contribution is -0.140. The Morgan fingerprint density at radius 1 is 1.00 bits per heavy atom.